The number of hydrogen-bond donors (Lipinski definition) is 4. The Bertz CT molecular complexity index is 1140. The third kappa shape index (κ3) is 5.99. The number of aliphatic hydroxyl groups excluding tert-OH is 2. The second-order valence-corrected chi connectivity index (χ2v) is 11.8. The molecule has 0 bridgehead atoms. The maximum absolute atomic E-state index is 13.6. The molecule has 2 saturated heterocycles. The Morgan fingerprint density at radius 3 is 2.51 bits per heavy atom. The summed E-state index contributed by atoms with van der Waals surface area (Å²) in [6.07, 6.45) is 6.23. The van der Waals surface area contributed by atoms with Gasteiger partial charge in [-0.1, -0.05) is 0 Å². The van der Waals surface area contributed by atoms with Crippen molar-refractivity contribution in [3.05, 3.63) is 35.4 Å². The zero-order chi connectivity index (χ0) is 26.2. The normalized spacial score (nSPS) is 21.2. The summed E-state index contributed by atoms with van der Waals surface area (Å²) in [5.74, 6) is 2.31. The summed E-state index contributed by atoms with van der Waals surface area (Å²) in [5.41, 5.74) is 1.49. The topological polar surface area (TPSA) is 114 Å². The van der Waals surface area contributed by atoms with Gasteiger partial charge in [-0.05, 0) is 94.5 Å². The van der Waals surface area contributed by atoms with Crippen molar-refractivity contribution in [3.63, 3.8) is 0 Å². The molecule has 3 fully saturated rings. The molecule has 1 saturated carbocycles. The Morgan fingerprint density at radius 1 is 1.08 bits per heavy atom. The van der Waals surface area contributed by atoms with E-state index in [1.807, 2.05) is 39.0 Å². The average molecular weight is 509 g/mol. The molecule has 9 nitrogen and oxygen atoms in total. The number of β-amino-alcohol motifs (C(OH)–C–C–N with tert-alkyl or cyclic N) is 1. The third-order valence-corrected chi connectivity index (χ3v) is 7.98. The van der Waals surface area contributed by atoms with Gasteiger partial charge in [-0.2, -0.15) is 0 Å². The molecule has 1 amide bonds. The summed E-state index contributed by atoms with van der Waals surface area (Å²) < 4.78 is 0. The van der Waals surface area contributed by atoms with Crippen molar-refractivity contribution in [1.82, 2.24) is 9.97 Å². The fourth-order valence-electron chi connectivity index (χ4n) is 5.41. The number of nitrogens with one attached hydrogen (secondary N) is 2. The Morgan fingerprint density at radius 2 is 1.84 bits per heavy atom. The number of carbonyl (C=O) groups is 1. The standard InChI is InChI=1S/C28H40N6O3/c1-19-15-23(29-24(16-19)34-12-4-5-20(36)17-34)31-26(37)21-6-7-22(32-27(2,3)18-35)30-25(21)33-13-10-28(8-9-28)11-14-33/h6-7,15-16,20,35-36H,4-5,8-14,17-18H2,1-3H3,(H,30,32)(H,29,31,37)/t20-/m1/s1. The van der Waals surface area contributed by atoms with E-state index in [-0.39, 0.29) is 18.6 Å². The molecule has 0 unspecified atom stereocenters. The Kier molecular flexibility index (Phi) is 7.02. The first-order valence-electron chi connectivity index (χ1n) is 13.5. The van der Waals surface area contributed by atoms with Gasteiger partial charge < -0.3 is 30.6 Å². The van der Waals surface area contributed by atoms with Gasteiger partial charge in [0.2, 0.25) is 0 Å². The lowest BCUT2D eigenvalue weighted by Crippen LogP contribution is -2.39. The fourth-order valence-corrected chi connectivity index (χ4v) is 5.41. The predicted molar refractivity (Wildman–Crippen MR) is 147 cm³/mol. The number of amides is 1. The minimum absolute atomic E-state index is 0.0338. The minimum Gasteiger partial charge on any atom is -0.394 e. The highest BCUT2D eigenvalue weighted by molar-refractivity contribution is 6.07. The Hall–Kier alpha value is -2.91. The van der Waals surface area contributed by atoms with Gasteiger partial charge >= 0.3 is 0 Å². The first kappa shape index (κ1) is 25.7. The summed E-state index contributed by atoms with van der Waals surface area (Å²) in [6, 6.07) is 7.47. The molecule has 1 spiro atoms. The van der Waals surface area contributed by atoms with Gasteiger partial charge in [0.05, 0.1) is 23.8 Å². The van der Waals surface area contributed by atoms with Crippen LogP contribution in [0, 0.1) is 12.3 Å². The SMILES string of the molecule is Cc1cc(NC(=O)c2ccc(NC(C)(C)CO)nc2N2CCC3(CC2)CC3)nc(N2CCC[C@@H](O)C2)c1. The molecule has 200 valence electrons. The molecule has 1 aliphatic carbocycles. The van der Waals surface area contributed by atoms with Crippen LogP contribution < -0.4 is 20.4 Å². The zero-order valence-electron chi connectivity index (χ0n) is 22.3. The molecular formula is C28H40N6O3. The van der Waals surface area contributed by atoms with Crippen LogP contribution in [0.4, 0.5) is 23.3 Å². The first-order chi connectivity index (χ1) is 17.7. The first-order valence-corrected chi connectivity index (χ1v) is 13.5. The second-order valence-electron chi connectivity index (χ2n) is 11.8. The number of aliphatic hydroxyl groups is 2. The molecule has 5 rings (SSSR count). The molecule has 4 N–H and O–H groups in total. The van der Waals surface area contributed by atoms with Crippen LogP contribution in [0.2, 0.25) is 0 Å². The van der Waals surface area contributed by atoms with Crippen molar-refractivity contribution in [2.45, 2.75) is 70.9 Å². The number of carbonyl (C=O) groups excluding carboxylic acids is 1. The molecule has 37 heavy (non-hydrogen) atoms. The number of rotatable bonds is 7. The van der Waals surface area contributed by atoms with Crippen molar-refractivity contribution in [3.8, 4) is 0 Å². The molecule has 0 aromatic carbocycles. The molecule has 1 atom stereocenters. The van der Waals surface area contributed by atoms with Crippen LogP contribution in [-0.2, 0) is 0 Å². The number of hydrogen-bond acceptors (Lipinski definition) is 8. The molecule has 4 heterocycles. The summed E-state index contributed by atoms with van der Waals surface area (Å²) in [4.78, 5) is 27.5. The summed E-state index contributed by atoms with van der Waals surface area (Å²) in [5, 5.41) is 26.1. The molecule has 2 aliphatic heterocycles. The highest BCUT2D eigenvalue weighted by Crippen LogP contribution is 2.54. The quantitative estimate of drug-likeness (QED) is 0.449. The molecular weight excluding hydrogens is 468 g/mol. The van der Waals surface area contributed by atoms with Crippen molar-refractivity contribution in [2.75, 3.05) is 53.2 Å². The third-order valence-electron chi connectivity index (χ3n) is 7.98. The van der Waals surface area contributed by atoms with Crippen LogP contribution in [0.15, 0.2) is 24.3 Å². The fraction of sp³-hybridized carbons (Fsp3) is 0.607. The van der Waals surface area contributed by atoms with E-state index in [4.69, 9.17) is 9.97 Å². The lowest BCUT2D eigenvalue weighted by Gasteiger charge is -2.34. The maximum atomic E-state index is 13.6. The minimum atomic E-state index is -0.530. The van der Waals surface area contributed by atoms with Crippen molar-refractivity contribution in [2.24, 2.45) is 5.41 Å². The van der Waals surface area contributed by atoms with Crippen LogP contribution in [-0.4, -0.2) is 70.5 Å². The maximum Gasteiger partial charge on any atom is 0.260 e. The largest absolute Gasteiger partial charge is 0.394 e. The summed E-state index contributed by atoms with van der Waals surface area (Å²) in [6.45, 7) is 8.92. The van der Waals surface area contributed by atoms with E-state index >= 15 is 0 Å². The average Bonchev–Trinajstić information content (AvgIpc) is 3.62. The van der Waals surface area contributed by atoms with Gasteiger partial charge in [0.1, 0.15) is 23.3 Å². The number of pyridine rings is 2. The molecule has 2 aromatic rings. The number of aryl methyl sites for hydroxylation is 1. The van der Waals surface area contributed by atoms with Gasteiger partial charge in [-0.15, -0.1) is 0 Å². The highest BCUT2D eigenvalue weighted by Gasteiger charge is 2.45. The van der Waals surface area contributed by atoms with E-state index in [9.17, 15) is 15.0 Å². The molecule has 0 radical (unpaired) electrons. The second kappa shape index (κ2) is 10.1. The van der Waals surface area contributed by atoms with E-state index in [0.29, 0.717) is 35.0 Å². The van der Waals surface area contributed by atoms with E-state index in [1.165, 1.54) is 12.8 Å². The van der Waals surface area contributed by atoms with E-state index in [0.717, 1.165) is 56.7 Å². The zero-order valence-corrected chi connectivity index (χ0v) is 22.3. The van der Waals surface area contributed by atoms with Crippen LogP contribution in [0.3, 0.4) is 0 Å². The molecule has 2 aromatic heterocycles. The lowest BCUT2D eigenvalue weighted by molar-refractivity contribution is 0.102. The molecule has 9 heteroatoms. The molecule has 3 aliphatic rings. The van der Waals surface area contributed by atoms with Gasteiger partial charge in [0, 0.05) is 26.2 Å². The smallest absolute Gasteiger partial charge is 0.260 e. The van der Waals surface area contributed by atoms with Crippen molar-refractivity contribution in [1.29, 1.82) is 0 Å². The van der Waals surface area contributed by atoms with Gasteiger partial charge in [0.15, 0.2) is 0 Å². The van der Waals surface area contributed by atoms with Crippen molar-refractivity contribution < 1.29 is 15.0 Å². The van der Waals surface area contributed by atoms with Crippen LogP contribution in [0.1, 0.15) is 68.3 Å². The highest BCUT2D eigenvalue weighted by atomic mass is 16.3. The summed E-state index contributed by atoms with van der Waals surface area (Å²) >= 11 is 0. The number of aromatic nitrogens is 2. The van der Waals surface area contributed by atoms with Crippen LogP contribution in [0.5, 0.6) is 0 Å². The van der Waals surface area contributed by atoms with E-state index < -0.39 is 5.54 Å². The van der Waals surface area contributed by atoms with Crippen LogP contribution in [0.25, 0.3) is 0 Å². The monoisotopic (exact) mass is 508 g/mol. The van der Waals surface area contributed by atoms with Gasteiger partial charge in [0.25, 0.3) is 5.91 Å². The van der Waals surface area contributed by atoms with E-state index in [2.05, 4.69) is 20.4 Å². The van der Waals surface area contributed by atoms with Gasteiger partial charge in [-0.3, -0.25) is 4.79 Å². The Labute approximate surface area is 219 Å². The van der Waals surface area contributed by atoms with Crippen LogP contribution >= 0.6 is 0 Å². The predicted octanol–water partition coefficient (Wildman–Crippen LogP) is 3.56. The lowest BCUT2D eigenvalue weighted by atomic mass is 9.93. The van der Waals surface area contributed by atoms with Gasteiger partial charge in [-0.25, -0.2) is 9.97 Å². The van der Waals surface area contributed by atoms with E-state index in [1.54, 1.807) is 6.07 Å². The number of nitrogens with zero attached hydrogens (tertiary/aromatic N) is 4. The number of anilines is 4. The summed E-state index contributed by atoms with van der Waals surface area (Å²) in [7, 11) is 0. The number of piperidine rings is 2. The Balaban J connectivity index is 1.40. The van der Waals surface area contributed by atoms with Crippen molar-refractivity contribution >= 4 is 29.2 Å².